The van der Waals surface area contributed by atoms with Crippen LogP contribution in [0.25, 0.3) is 0 Å². The van der Waals surface area contributed by atoms with Crippen LogP contribution in [0, 0.1) is 5.92 Å². The van der Waals surface area contributed by atoms with Crippen LogP contribution in [0.4, 0.5) is 0 Å². The average molecular weight is 165 g/mol. The molecule has 0 spiro atoms. The van der Waals surface area contributed by atoms with E-state index in [1.807, 2.05) is 0 Å². The Morgan fingerprint density at radius 1 is 1.40 bits per heavy atom. The summed E-state index contributed by atoms with van der Waals surface area (Å²) in [6.07, 6.45) is 0.866. The van der Waals surface area contributed by atoms with Crippen molar-refractivity contribution in [2.45, 2.75) is 45.1 Å². The predicted octanol–water partition coefficient (Wildman–Crippen LogP) is 2.41. The topological polar surface area (TPSA) is 20.2 Å². The minimum atomic E-state index is -0.744. The van der Waals surface area contributed by atoms with Crippen LogP contribution in [0.5, 0.6) is 0 Å². The van der Waals surface area contributed by atoms with Gasteiger partial charge >= 0.3 is 0 Å². The lowest BCUT2D eigenvalue weighted by Gasteiger charge is -2.24. The average Bonchev–Trinajstić information content (AvgIpc) is 1.60. The molecular formula is C8H17ClO. The van der Waals surface area contributed by atoms with Gasteiger partial charge < -0.3 is 5.11 Å². The fourth-order valence-corrected chi connectivity index (χ4v) is 1.06. The van der Waals surface area contributed by atoms with E-state index in [0.717, 1.165) is 6.42 Å². The summed E-state index contributed by atoms with van der Waals surface area (Å²) in [6, 6.07) is 0. The monoisotopic (exact) mass is 164 g/mol. The van der Waals surface area contributed by atoms with Crippen molar-refractivity contribution < 1.29 is 5.11 Å². The Balaban J connectivity index is 3.73. The molecule has 0 fully saturated rings. The number of rotatable bonds is 3. The van der Waals surface area contributed by atoms with Gasteiger partial charge in [-0.15, -0.1) is 11.6 Å². The molecule has 1 nitrogen and oxygen atoms in total. The molecule has 0 aliphatic carbocycles. The molecule has 0 amide bonds. The molecule has 0 saturated heterocycles. The van der Waals surface area contributed by atoms with Gasteiger partial charge in [-0.1, -0.05) is 13.8 Å². The second kappa shape index (κ2) is 3.59. The number of hydrogen-bond acceptors (Lipinski definition) is 1. The van der Waals surface area contributed by atoms with Gasteiger partial charge in [0.1, 0.15) is 0 Å². The molecule has 62 valence electrons. The van der Waals surface area contributed by atoms with E-state index in [9.17, 15) is 5.11 Å². The lowest BCUT2D eigenvalue weighted by Crippen LogP contribution is -2.32. The third-order valence-electron chi connectivity index (χ3n) is 1.44. The summed E-state index contributed by atoms with van der Waals surface area (Å²) in [4.78, 5) is 0. The summed E-state index contributed by atoms with van der Waals surface area (Å²) in [6.45, 7) is 7.68. The van der Waals surface area contributed by atoms with Crippen LogP contribution in [0.3, 0.4) is 0 Å². The quantitative estimate of drug-likeness (QED) is 0.636. The van der Waals surface area contributed by atoms with Gasteiger partial charge in [-0.25, -0.2) is 0 Å². The fourth-order valence-electron chi connectivity index (χ4n) is 0.702. The van der Waals surface area contributed by atoms with Gasteiger partial charge in [0.2, 0.25) is 0 Å². The van der Waals surface area contributed by atoms with E-state index in [2.05, 4.69) is 13.8 Å². The first-order chi connectivity index (χ1) is 4.34. The minimum Gasteiger partial charge on any atom is -0.389 e. The lowest BCUT2D eigenvalue weighted by molar-refractivity contribution is 0.0693. The first-order valence-electron chi connectivity index (χ1n) is 3.70. The van der Waals surface area contributed by atoms with Crippen molar-refractivity contribution in [3.05, 3.63) is 0 Å². The Morgan fingerprint density at radius 2 is 1.80 bits per heavy atom. The van der Waals surface area contributed by atoms with Crippen molar-refractivity contribution in [3.8, 4) is 0 Å². The Hall–Kier alpha value is 0.250. The SMILES string of the molecule is CC(C)C[C@H](Cl)C(C)(C)O. The van der Waals surface area contributed by atoms with Crippen molar-refractivity contribution in [1.29, 1.82) is 0 Å². The highest BCUT2D eigenvalue weighted by Gasteiger charge is 2.24. The third-order valence-corrected chi connectivity index (χ3v) is 2.16. The number of alkyl halides is 1. The van der Waals surface area contributed by atoms with Crippen LogP contribution in [-0.4, -0.2) is 16.1 Å². The van der Waals surface area contributed by atoms with Crippen LogP contribution >= 0.6 is 11.6 Å². The van der Waals surface area contributed by atoms with Gasteiger partial charge in [0.25, 0.3) is 0 Å². The summed E-state index contributed by atoms with van der Waals surface area (Å²) >= 11 is 5.90. The van der Waals surface area contributed by atoms with E-state index in [1.54, 1.807) is 13.8 Å². The highest BCUT2D eigenvalue weighted by molar-refractivity contribution is 6.21. The normalized spacial score (nSPS) is 15.9. The van der Waals surface area contributed by atoms with E-state index in [1.165, 1.54) is 0 Å². The first-order valence-corrected chi connectivity index (χ1v) is 4.14. The molecule has 0 bridgehead atoms. The summed E-state index contributed by atoms with van der Waals surface area (Å²) in [7, 11) is 0. The van der Waals surface area contributed by atoms with Gasteiger partial charge in [-0.05, 0) is 26.2 Å². The molecule has 2 heteroatoms. The molecule has 0 heterocycles. The van der Waals surface area contributed by atoms with Crippen LogP contribution in [0.15, 0.2) is 0 Å². The molecular weight excluding hydrogens is 148 g/mol. The molecule has 0 aliphatic heterocycles. The van der Waals surface area contributed by atoms with E-state index in [-0.39, 0.29) is 5.38 Å². The first kappa shape index (κ1) is 10.2. The van der Waals surface area contributed by atoms with E-state index < -0.39 is 5.60 Å². The Morgan fingerprint density at radius 3 is 1.90 bits per heavy atom. The molecule has 1 N–H and O–H groups in total. The van der Waals surface area contributed by atoms with E-state index >= 15 is 0 Å². The summed E-state index contributed by atoms with van der Waals surface area (Å²) in [5.74, 6) is 0.550. The molecule has 1 atom stereocenters. The highest BCUT2D eigenvalue weighted by Crippen LogP contribution is 2.21. The molecule has 0 aliphatic rings. The molecule has 0 aromatic carbocycles. The summed E-state index contributed by atoms with van der Waals surface area (Å²) < 4.78 is 0. The zero-order valence-electron chi connectivity index (χ0n) is 7.19. The van der Waals surface area contributed by atoms with Crippen molar-refractivity contribution in [2.24, 2.45) is 5.92 Å². The lowest BCUT2D eigenvalue weighted by atomic mass is 9.97. The zero-order chi connectivity index (χ0) is 8.36. The summed E-state index contributed by atoms with van der Waals surface area (Å²) in [5.41, 5.74) is -0.744. The van der Waals surface area contributed by atoms with Crippen LogP contribution in [0.1, 0.15) is 34.1 Å². The summed E-state index contributed by atoms with van der Waals surface area (Å²) in [5, 5.41) is 9.27. The molecule has 0 radical (unpaired) electrons. The van der Waals surface area contributed by atoms with Crippen molar-refractivity contribution in [2.75, 3.05) is 0 Å². The van der Waals surface area contributed by atoms with Gasteiger partial charge in [0.05, 0.1) is 11.0 Å². The predicted molar refractivity (Wildman–Crippen MR) is 45.4 cm³/mol. The van der Waals surface area contributed by atoms with Crippen LogP contribution < -0.4 is 0 Å². The van der Waals surface area contributed by atoms with Crippen molar-refractivity contribution in [3.63, 3.8) is 0 Å². The molecule has 0 saturated carbocycles. The molecule has 10 heavy (non-hydrogen) atoms. The Kier molecular flexibility index (Phi) is 3.68. The second-order valence-electron chi connectivity index (χ2n) is 3.75. The molecule has 0 unspecified atom stereocenters. The van der Waals surface area contributed by atoms with Gasteiger partial charge in [-0.3, -0.25) is 0 Å². The Labute approximate surface area is 68.4 Å². The van der Waals surface area contributed by atoms with Crippen molar-refractivity contribution in [1.82, 2.24) is 0 Å². The standard InChI is InChI=1S/C8H17ClO/c1-6(2)5-7(9)8(3,4)10/h6-7,10H,5H2,1-4H3/t7-/m0/s1. The third kappa shape index (κ3) is 4.13. The highest BCUT2D eigenvalue weighted by atomic mass is 35.5. The minimum absolute atomic E-state index is 0.132. The van der Waals surface area contributed by atoms with E-state index in [0.29, 0.717) is 5.92 Å². The van der Waals surface area contributed by atoms with Crippen LogP contribution in [-0.2, 0) is 0 Å². The number of aliphatic hydroxyl groups is 1. The van der Waals surface area contributed by atoms with Gasteiger partial charge in [0.15, 0.2) is 0 Å². The maximum absolute atomic E-state index is 9.40. The Bertz CT molecular complexity index is 93.9. The number of hydrogen-bond donors (Lipinski definition) is 1. The number of halogens is 1. The maximum atomic E-state index is 9.40. The zero-order valence-corrected chi connectivity index (χ0v) is 7.94. The molecule has 0 aromatic rings. The fraction of sp³-hybridized carbons (Fsp3) is 1.00. The smallest absolute Gasteiger partial charge is 0.0754 e. The van der Waals surface area contributed by atoms with Gasteiger partial charge in [-0.2, -0.15) is 0 Å². The largest absolute Gasteiger partial charge is 0.389 e. The van der Waals surface area contributed by atoms with Gasteiger partial charge in [0, 0.05) is 0 Å². The van der Waals surface area contributed by atoms with Crippen LogP contribution in [0.2, 0.25) is 0 Å². The molecule has 0 aromatic heterocycles. The van der Waals surface area contributed by atoms with Crippen molar-refractivity contribution >= 4 is 11.6 Å². The van der Waals surface area contributed by atoms with E-state index in [4.69, 9.17) is 11.6 Å². The maximum Gasteiger partial charge on any atom is 0.0754 e. The second-order valence-corrected chi connectivity index (χ2v) is 4.28. The molecule has 0 rings (SSSR count).